The number of carbonyl (C=O) groups is 1. The zero-order valence-corrected chi connectivity index (χ0v) is 22.9. The third-order valence-electron chi connectivity index (χ3n) is 7.10. The predicted molar refractivity (Wildman–Crippen MR) is 153 cm³/mol. The molecule has 0 atom stereocenters. The van der Waals surface area contributed by atoms with E-state index in [1.54, 1.807) is 36.9 Å². The van der Waals surface area contributed by atoms with E-state index in [9.17, 15) is 4.79 Å². The van der Waals surface area contributed by atoms with Gasteiger partial charge in [-0.05, 0) is 56.6 Å². The Morgan fingerprint density at radius 3 is 2.59 bits per heavy atom. The maximum absolute atomic E-state index is 13.1. The Balaban J connectivity index is 1.54. The predicted octanol–water partition coefficient (Wildman–Crippen LogP) is 4.00. The molecule has 202 valence electrons. The van der Waals surface area contributed by atoms with Gasteiger partial charge in [0, 0.05) is 31.3 Å². The van der Waals surface area contributed by atoms with Gasteiger partial charge in [0.15, 0.2) is 5.65 Å². The second-order valence-corrected chi connectivity index (χ2v) is 9.73. The van der Waals surface area contributed by atoms with Gasteiger partial charge in [0.2, 0.25) is 0 Å². The van der Waals surface area contributed by atoms with Crippen molar-refractivity contribution < 1.29 is 14.3 Å². The molecule has 1 saturated carbocycles. The van der Waals surface area contributed by atoms with E-state index in [0.717, 1.165) is 23.4 Å². The molecule has 10 nitrogen and oxygen atoms in total. The van der Waals surface area contributed by atoms with Gasteiger partial charge in [0.05, 0.1) is 31.0 Å². The van der Waals surface area contributed by atoms with Crippen LogP contribution in [0.5, 0.6) is 11.5 Å². The van der Waals surface area contributed by atoms with Crippen molar-refractivity contribution in [1.82, 2.24) is 24.6 Å². The molecule has 5 rings (SSSR count). The molecule has 1 amide bonds. The highest BCUT2D eigenvalue weighted by atomic mass is 16.5. The van der Waals surface area contributed by atoms with E-state index in [0.29, 0.717) is 45.7 Å². The summed E-state index contributed by atoms with van der Waals surface area (Å²) in [6, 6.07) is 12.0. The van der Waals surface area contributed by atoms with Gasteiger partial charge in [0.1, 0.15) is 29.3 Å². The third-order valence-corrected chi connectivity index (χ3v) is 7.10. The molecule has 2 N–H and O–H groups in total. The maximum Gasteiger partial charge on any atom is 0.250 e. The number of benzene rings is 2. The van der Waals surface area contributed by atoms with Crippen molar-refractivity contribution in [3.63, 3.8) is 0 Å². The Labute approximate surface area is 227 Å². The topological polar surface area (TPSA) is 112 Å². The number of nitrogens with zero attached hydrogens (tertiary/aromatic N) is 6. The first-order chi connectivity index (χ1) is 18.8. The average molecular weight is 528 g/mol. The number of rotatable bonds is 9. The van der Waals surface area contributed by atoms with Gasteiger partial charge < -0.3 is 20.1 Å². The van der Waals surface area contributed by atoms with Crippen LogP contribution in [0.3, 0.4) is 0 Å². The molecule has 0 saturated heterocycles. The van der Waals surface area contributed by atoms with Crippen molar-refractivity contribution in [3.05, 3.63) is 60.4 Å². The Kier molecular flexibility index (Phi) is 7.21. The van der Waals surface area contributed by atoms with E-state index in [1.807, 2.05) is 49.4 Å². The van der Waals surface area contributed by atoms with Crippen LogP contribution in [0.1, 0.15) is 18.4 Å². The highest BCUT2D eigenvalue weighted by Crippen LogP contribution is 2.36. The number of nitrogens with two attached hydrogens (primary N) is 1. The smallest absolute Gasteiger partial charge is 0.250 e. The van der Waals surface area contributed by atoms with Gasteiger partial charge in [-0.25, -0.2) is 14.6 Å². The number of likely N-dealkylation sites (N-methyl/N-ethyl adjacent to an activating group) is 2. The van der Waals surface area contributed by atoms with Crippen molar-refractivity contribution in [2.75, 3.05) is 45.5 Å². The van der Waals surface area contributed by atoms with E-state index in [4.69, 9.17) is 20.3 Å². The van der Waals surface area contributed by atoms with E-state index in [-0.39, 0.29) is 5.91 Å². The minimum Gasteiger partial charge on any atom is -0.496 e. The molecule has 10 heteroatoms. The molecule has 2 aromatic carbocycles. The first-order valence-electron chi connectivity index (χ1n) is 12.8. The Bertz CT molecular complexity index is 1560. The highest BCUT2D eigenvalue weighted by Gasteiger charge is 2.25. The standard InChI is InChI=1S/C29H33N7O3/c1-18-8-9-19(15-24(18)39-5)27-26-28(30)31-17-32-29(26)36(33-27)21-12-13-23(38-4)22(16-21)35(3)25(37)7-6-14-34(2)20-10-11-20/h6-9,12-13,15-17,20H,10-11,14H2,1-5H3,(H2,30,31,32)/b7-6+. The molecule has 1 fully saturated rings. The van der Waals surface area contributed by atoms with Gasteiger partial charge >= 0.3 is 0 Å². The second kappa shape index (κ2) is 10.7. The fourth-order valence-electron chi connectivity index (χ4n) is 4.61. The molecular formula is C29H33N7O3. The summed E-state index contributed by atoms with van der Waals surface area (Å²) in [5, 5.41) is 5.54. The number of methoxy groups -OCH3 is 2. The van der Waals surface area contributed by atoms with Gasteiger partial charge in [-0.15, -0.1) is 0 Å². The molecular weight excluding hydrogens is 494 g/mol. The van der Waals surface area contributed by atoms with Crippen LogP contribution in [0.4, 0.5) is 11.5 Å². The van der Waals surface area contributed by atoms with E-state index < -0.39 is 0 Å². The Morgan fingerprint density at radius 2 is 1.87 bits per heavy atom. The molecule has 39 heavy (non-hydrogen) atoms. The first-order valence-corrected chi connectivity index (χ1v) is 12.8. The third kappa shape index (κ3) is 5.15. The molecule has 0 bridgehead atoms. The summed E-state index contributed by atoms with van der Waals surface area (Å²) in [6.45, 7) is 2.71. The average Bonchev–Trinajstić information content (AvgIpc) is 3.73. The number of fused-ring (bicyclic) bond motifs is 1. The molecule has 2 heterocycles. The molecule has 0 aliphatic heterocycles. The number of hydrogen-bond acceptors (Lipinski definition) is 8. The van der Waals surface area contributed by atoms with Gasteiger partial charge in [-0.1, -0.05) is 18.2 Å². The number of nitrogen functional groups attached to an aromatic ring is 1. The lowest BCUT2D eigenvalue weighted by Crippen LogP contribution is -2.26. The van der Waals surface area contributed by atoms with Crippen molar-refractivity contribution in [1.29, 1.82) is 0 Å². The number of carbonyl (C=O) groups excluding carboxylic acids is 1. The van der Waals surface area contributed by atoms with Crippen LogP contribution < -0.4 is 20.1 Å². The normalized spacial score (nSPS) is 13.4. The van der Waals surface area contributed by atoms with Crippen molar-refractivity contribution in [2.24, 2.45) is 0 Å². The first kappa shape index (κ1) is 26.2. The quantitative estimate of drug-likeness (QED) is 0.325. The number of ether oxygens (including phenoxy) is 2. The van der Waals surface area contributed by atoms with E-state index >= 15 is 0 Å². The van der Waals surface area contributed by atoms with Crippen LogP contribution >= 0.6 is 0 Å². The Hall–Kier alpha value is -4.44. The summed E-state index contributed by atoms with van der Waals surface area (Å²) >= 11 is 0. The van der Waals surface area contributed by atoms with Gasteiger partial charge in [0.25, 0.3) is 5.91 Å². The van der Waals surface area contributed by atoms with Gasteiger partial charge in [-0.3, -0.25) is 9.69 Å². The molecule has 0 unspecified atom stereocenters. The van der Waals surface area contributed by atoms with E-state index in [1.165, 1.54) is 19.2 Å². The summed E-state index contributed by atoms with van der Waals surface area (Å²) in [4.78, 5) is 25.6. The summed E-state index contributed by atoms with van der Waals surface area (Å²) in [7, 11) is 7.02. The van der Waals surface area contributed by atoms with Crippen molar-refractivity contribution in [2.45, 2.75) is 25.8 Å². The van der Waals surface area contributed by atoms with E-state index in [2.05, 4.69) is 21.9 Å². The number of aromatic nitrogens is 4. The van der Waals surface area contributed by atoms with Gasteiger partial charge in [-0.2, -0.15) is 5.10 Å². The van der Waals surface area contributed by atoms with Crippen LogP contribution in [0.25, 0.3) is 28.0 Å². The summed E-state index contributed by atoms with van der Waals surface area (Å²) < 4.78 is 12.8. The fourth-order valence-corrected chi connectivity index (χ4v) is 4.61. The number of hydrogen-bond donors (Lipinski definition) is 1. The highest BCUT2D eigenvalue weighted by molar-refractivity contribution is 6.02. The van der Waals surface area contributed by atoms with Crippen molar-refractivity contribution in [3.8, 4) is 28.4 Å². The second-order valence-electron chi connectivity index (χ2n) is 9.73. The number of anilines is 2. The largest absolute Gasteiger partial charge is 0.496 e. The number of amides is 1. The minimum atomic E-state index is -0.154. The molecule has 1 aliphatic carbocycles. The monoisotopic (exact) mass is 527 g/mol. The SMILES string of the molecule is COc1cc(-c2nn(-c3ccc(OC)c(N(C)C(=O)/C=C/CN(C)C4CC4)c3)c3ncnc(N)c23)ccc1C. The minimum absolute atomic E-state index is 0.154. The molecule has 0 spiro atoms. The zero-order chi connectivity index (χ0) is 27.7. The van der Waals surface area contributed by atoms with Crippen molar-refractivity contribution >= 4 is 28.4 Å². The lowest BCUT2D eigenvalue weighted by atomic mass is 10.1. The number of aryl methyl sites for hydroxylation is 1. The molecule has 1 aliphatic rings. The van der Waals surface area contributed by atoms with Crippen LogP contribution in [0.15, 0.2) is 54.9 Å². The van der Waals surface area contributed by atoms with Crippen LogP contribution in [0.2, 0.25) is 0 Å². The lowest BCUT2D eigenvalue weighted by Gasteiger charge is -2.20. The summed E-state index contributed by atoms with van der Waals surface area (Å²) in [6.07, 6.45) is 7.36. The molecule has 2 aromatic heterocycles. The maximum atomic E-state index is 13.1. The zero-order valence-electron chi connectivity index (χ0n) is 22.9. The summed E-state index contributed by atoms with van der Waals surface area (Å²) in [5.74, 6) is 1.48. The molecule has 0 radical (unpaired) electrons. The van der Waals surface area contributed by atoms with Crippen LogP contribution in [-0.4, -0.2) is 71.5 Å². The Morgan fingerprint density at radius 1 is 1.10 bits per heavy atom. The fraction of sp³-hybridized carbons (Fsp3) is 0.310. The van der Waals surface area contributed by atoms with Crippen LogP contribution in [0, 0.1) is 6.92 Å². The lowest BCUT2D eigenvalue weighted by molar-refractivity contribution is -0.113. The summed E-state index contributed by atoms with van der Waals surface area (Å²) in [5.41, 5.74) is 10.6. The van der Waals surface area contributed by atoms with Crippen LogP contribution in [-0.2, 0) is 4.79 Å². The molecule has 4 aromatic rings.